The van der Waals surface area contributed by atoms with Crippen LogP contribution >= 0.6 is 0 Å². The molecule has 1 aliphatic heterocycles. The lowest BCUT2D eigenvalue weighted by molar-refractivity contribution is -0.142. The van der Waals surface area contributed by atoms with Crippen LogP contribution in [-0.4, -0.2) is 42.4 Å². The predicted octanol–water partition coefficient (Wildman–Crippen LogP) is 0.820. The Morgan fingerprint density at radius 3 is 2.56 bits per heavy atom. The Morgan fingerprint density at radius 2 is 2.06 bits per heavy atom. The second-order valence-electron chi connectivity index (χ2n) is 4.97. The Hall–Kier alpha value is -1.30. The molecule has 6 heteroatoms. The van der Waals surface area contributed by atoms with Crippen LogP contribution in [0.2, 0.25) is 0 Å². The van der Waals surface area contributed by atoms with Crippen molar-refractivity contribution in [1.29, 1.82) is 0 Å². The first-order valence-electron chi connectivity index (χ1n) is 6.33. The Bertz CT molecular complexity index is 306. The molecule has 18 heavy (non-hydrogen) atoms. The molecule has 0 saturated carbocycles. The maximum Gasteiger partial charge on any atom is 0.315 e. The van der Waals surface area contributed by atoms with E-state index >= 15 is 0 Å². The van der Waals surface area contributed by atoms with Crippen molar-refractivity contribution < 1.29 is 19.4 Å². The first kappa shape index (κ1) is 14.8. The minimum atomic E-state index is -0.936. The number of amides is 2. The molecule has 1 fully saturated rings. The molecule has 1 aliphatic rings. The maximum absolute atomic E-state index is 11.8. The summed E-state index contributed by atoms with van der Waals surface area (Å²) in [5, 5.41) is 14.5. The number of ether oxygens (including phenoxy) is 1. The van der Waals surface area contributed by atoms with E-state index in [9.17, 15) is 9.59 Å². The Labute approximate surface area is 107 Å². The molecule has 1 heterocycles. The lowest BCUT2D eigenvalue weighted by atomic mass is 10.0. The summed E-state index contributed by atoms with van der Waals surface area (Å²) in [4.78, 5) is 22.7. The Morgan fingerprint density at radius 1 is 1.39 bits per heavy atom. The van der Waals surface area contributed by atoms with Crippen LogP contribution in [0, 0.1) is 11.8 Å². The lowest BCUT2D eigenvalue weighted by Gasteiger charge is -2.23. The number of carboxylic acids is 1. The predicted molar refractivity (Wildman–Crippen MR) is 66.3 cm³/mol. The topological polar surface area (TPSA) is 87.7 Å². The van der Waals surface area contributed by atoms with Gasteiger partial charge in [-0.15, -0.1) is 0 Å². The molecule has 0 aromatic carbocycles. The molecule has 0 aromatic rings. The third-order valence-electron chi connectivity index (χ3n) is 3.28. The summed E-state index contributed by atoms with van der Waals surface area (Å²) in [6.45, 7) is 6.48. The average Bonchev–Trinajstić information content (AvgIpc) is 2.73. The van der Waals surface area contributed by atoms with Gasteiger partial charge in [-0.05, 0) is 12.3 Å². The minimum Gasteiger partial charge on any atom is -0.481 e. The van der Waals surface area contributed by atoms with Gasteiger partial charge in [0.25, 0.3) is 0 Å². The fraction of sp³-hybridized carbons (Fsp3) is 0.833. The van der Waals surface area contributed by atoms with E-state index in [1.165, 1.54) is 0 Å². The SMILES string of the molecule is CCC(NC(=O)NC1COCC1C(=O)O)C(C)C. The largest absolute Gasteiger partial charge is 0.481 e. The molecule has 0 spiro atoms. The molecule has 3 atom stereocenters. The highest BCUT2D eigenvalue weighted by atomic mass is 16.5. The summed E-state index contributed by atoms with van der Waals surface area (Å²) in [5.41, 5.74) is 0. The molecule has 1 saturated heterocycles. The summed E-state index contributed by atoms with van der Waals surface area (Å²) >= 11 is 0. The zero-order valence-electron chi connectivity index (χ0n) is 11.1. The number of carbonyl (C=O) groups excluding carboxylic acids is 1. The van der Waals surface area contributed by atoms with Crippen molar-refractivity contribution in [2.75, 3.05) is 13.2 Å². The molecule has 0 aliphatic carbocycles. The smallest absolute Gasteiger partial charge is 0.315 e. The van der Waals surface area contributed by atoms with E-state index in [0.29, 0.717) is 5.92 Å². The van der Waals surface area contributed by atoms with Gasteiger partial charge >= 0.3 is 12.0 Å². The third kappa shape index (κ3) is 3.87. The fourth-order valence-electron chi connectivity index (χ4n) is 2.06. The summed E-state index contributed by atoms with van der Waals surface area (Å²) in [5.74, 6) is -1.25. The molecule has 1 rings (SSSR count). The highest BCUT2D eigenvalue weighted by Gasteiger charge is 2.35. The minimum absolute atomic E-state index is 0.0931. The van der Waals surface area contributed by atoms with E-state index in [-0.39, 0.29) is 25.3 Å². The van der Waals surface area contributed by atoms with E-state index in [1.54, 1.807) is 0 Å². The van der Waals surface area contributed by atoms with Crippen LogP contribution in [0.4, 0.5) is 4.79 Å². The highest BCUT2D eigenvalue weighted by molar-refractivity contribution is 5.77. The number of nitrogens with one attached hydrogen (secondary N) is 2. The zero-order chi connectivity index (χ0) is 13.7. The summed E-state index contributed by atoms with van der Waals surface area (Å²) in [6.07, 6.45) is 0.842. The van der Waals surface area contributed by atoms with Gasteiger partial charge in [0.05, 0.1) is 19.3 Å². The first-order valence-corrected chi connectivity index (χ1v) is 6.33. The molecule has 104 valence electrons. The van der Waals surface area contributed by atoms with Gasteiger partial charge < -0.3 is 20.5 Å². The summed E-state index contributed by atoms with van der Waals surface area (Å²) in [7, 11) is 0. The van der Waals surface area contributed by atoms with Gasteiger partial charge in [-0.25, -0.2) is 4.79 Å². The number of hydrogen-bond donors (Lipinski definition) is 3. The van der Waals surface area contributed by atoms with Gasteiger partial charge in [0.15, 0.2) is 0 Å². The van der Waals surface area contributed by atoms with Crippen molar-refractivity contribution in [1.82, 2.24) is 10.6 Å². The van der Waals surface area contributed by atoms with Crippen LogP contribution in [0.25, 0.3) is 0 Å². The van der Waals surface area contributed by atoms with Gasteiger partial charge in [0.1, 0.15) is 5.92 Å². The van der Waals surface area contributed by atoms with E-state index in [1.807, 2.05) is 20.8 Å². The molecule has 6 nitrogen and oxygen atoms in total. The van der Waals surface area contributed by atoms with Crippen LogP contribution in [0.15, 0.2) is 0 Å². The van der Waals surface area contributed by atoms with Crippen molar-refractivity contribution in [2.24, 2.45) is 11.8 Å². The van der Waals surface area contributed by atoms with Gasteiger partial charge in [-0.3, -0.25) is 4.79 Å². The molecule has 2 amide bonds. The highest BCUT2D eigenvalue weighted by Crippen LogP contribution is 2.14. The summed E-state index contributed by atoms with van der Waals surface area (Å²) in [6, 6.07) is -0.680. The monoisotopic (exact) mass is 258 g/mol. The normalized spacial score (nSPS) is 24.9. The van der Waals surface area contributed by atoms with Gasteiger partial charge in [-0.1, -0.05) is 20.8 Å². The van der Waals surface area contributed by atoms with Crippen molar-refractivity contribution in [3.05, 3.63) is 0 Å². The van der Waals surface area contributed by atoms with Gasteiger partial charge in [0, 0.05) is 6.04 Å². The van der Waals surface area contributed by atoms with Crippen LogP contribution in [-0.2, 0) is 9.53 Å². The molecular formula is C12H22N2O4. The number of carboxylic acid groups (broad SMARTS) is 1. The van der Waals surface area contributed by atoms with Crippen LogP contribution in [0.5, 0.6) is 0 Å². The van der Waals surface area contributed by atoms with E-state index < -0.39 is 17.9 Å². The number of rotatable bonds is 5. The first-order chi connectivity index (χ1) is 8.45. The van der Waals surface area contributed by atoms with E-state index in [2.05, 4.69) is 10.6 Å². The van der Waals surface area contributed by atoms with Crippen molar-refractivity contribution in [2.45, 2.75) is 39.3 Å². The zero-order valence-corrected chi connectivity index (χ0v) is 11.1. The molecule has 0 aromatic heterocycles. The molecular weight excluding hydrogens is 236 g/mol. The van der Waals surface area contributed by atoms with E-state index in [4.69, 9.17) is 9.84 Å². The number of aliphatic carboxylic acids is 1. The van der Waals surface area contributed by atoms with Crippen LogP contribution in [0.1, 0.15) is 27.2 Å². The Balaban J connectivity index is 2.46. The molecule has 3 N–H and O–H groups in total. The van der Waals surface area contributed by atoms with Gasteiger partial charge in [-0.2, -0.15) is 0 Å². The quantitative estimate of drug-likeness (QED) is 0.681. The molecule has 0 bridgehead atoms. The standard InChI is InChI=1S/C12H22N2O4/c1-4-9(7(2)3)13-12(17)14-10-6-18-5-8(10)11(15)16/h7-10H,4-6H2,1-3H3,(H,15,16)(H2,13,14,17). The fourth-order valence-corrected chi connectivity index (χ4v) is 2.06. The molecule has 0 radical (unpaired) electrons. The second-order valence-corrected chi connectivity index (χ2v) is 4.97. The Kier molecular flexibility index (Phi) is 5.40. The number of hydrogen-bond acceptors (Lipinski definition) is 3. The van der Waals surface area contributed by atoms with Crippen molar-refractivity contribution >= 4 is 12.0 Å². The number of carbonyl (C=O) groups is 2. The average molecular weight is 258 g/mol. The van der Waals surface area contributed by atoms with Crippen LogP contribution in [0.3, 0.4) is 0 Å². The molecule has 3 unspecified atom stereocenters. The van der Waals surface area contributed by atoms with Gasteiger partial charge in [0.2, 0.25) is 0 Å². The van der Waals surface area contributed by atoms with E-state index in [0.717, 1.165) is 6.42 Å². The summed E-state index contributed by atoms with van der Waals surface area (Å²) < 4.78 is 5.09. The lowest BCUT2D eigenvalue weighted by Crippen LogP contribution is -2.50. The van der Waals surface area contributed by atoms with Crippen LogP contribution < -0.4 is 10.6 Å². The number of urea groups is 1. The third-order valence-corrected chi connectivity index (χ3v) is 3.28. The maximum atomic E-state index is 11.8. The van der Waals surface area contributed by atoms with Crippen molar-refractivity contribution in [3.63, 3.8) is 0 Å². The second kappa shape index (κ2) is 6.58. The van der Waals surface area contributed by atoms with Crippen molar-refractivity contribution in [3.8, 4) is 0 Å².